The minimum Gasteiger partial charge on any atom is -0.323 e. The Morgan fingerprint density at radius 2 is 1.97 bits per heavy atom. The monoisotopic (exact) mass is 411 g/mol. The largest absolute Gasteiger partial charge is 0.323 e. The van der Waals surface area contributed by atoms with E-state index in [1.54, 1.807) is 30.5 Å². The Hall–Kier alpha value is -2.74. The van der Waals surface area contributed by atoms with Crippen LogP contribution in [0.5, 0.6) is 0 Å². The molecule has 0 saturated heterocycles. The highest BCUT2D eigenvalue weighted by Gasteiger charge is 2.30. The van der Waals surface area contributed by atoms with Gasteiger partial charge in [-0.1, -0.05) is 25.0 Å². The van der Waals surface area contributed by atoms with Crippen molar-refractivity contribution < 1.29 is 8.42 Å². The number of benzene rings is 1. The normalized spacial score (nSPS) is 15.0. The maximum absolute atomic E-state index is 12.9. The van der Waals surface area contributed by atoms with Crippen LogP contribution in [-0.4, -0.2) is 33.8 Å². The Balaban J connectivity index is 1.53. The lowest BCUT2D eigenvalue weighted by Crippen LogP contribution is -2.18. The summed E-state index contributed by atoms with van der Waals surface area (Å²) in [5.74, 6) is 2.01. The summed E-state index contributed by atoms with van der Waals surface area (Å²) in [5.41, 5.74) is 2.92. The zero-order chi connectivity index (χ0) is 20.4. The van der Waals surface area contributed by atoms with Crippen LogP contribution in [-0.2, 0) is 16.3 Å². The molecule has 4 rings (SSSR count). The second-order valence-corrected chi connectivity index (χ2v) is 9.81. The Morgan fingerprint density at radius 1 is 1.17 bits per heavy atom. The van der Waals surface area contributed by atoms with Crippen molar-refractivity contribution in [1.82, 2.24) is 20.2 Å². The number of hydrogen-bond donors (Lipinski definition) is 2. The maximum atomic E-state index is 12.9. The smallest absolute Gasteiger partial charge is 0.181 e. The number of aryl methyl sites for hydroxylation is 1. The molecule has 0 unspecified atom stereocenters. The highest BCUT2D eigenvalue weighted by Crippen LogP contribution is 2.30. The van der Waals surface area contributed by atoms with E-state index in [0.29, 0.717) is 23.0 Å². The molecule has 7 nitrogen and oxygen atoms in total. The molecule has 0 bridgehead atoms. The standard InChI is InChI=1S/C21H25N5O2S/c1-14-15(2)25-26-21(14)24-19-10-11-22-20(23-19)13-16-6-5-9-18(12-16)29(27,28)17-7-3-4-8-17/h5-6,9-12,17H,3-4,7-8,13H2,1-2H3,(H2,22,23,24,25,26). The van der Waals surface area contributed by atoms with Crippen molar-refractivity contribution in [3.8, 4) is 0 Å². The fourth-order valence-corrected chi connectivity index (χ4v) is 5.61. The lowest BCUT2D eigenvalue weighted by Gasteiger charge is -2.12. The number of hydrogen-bond acceptors (Lipinski definition) is 6. The molecule has 1 fully saturated rings. The van der Waals surface area contributed by atoms with Crippen LogP contribution in [0.15, 0.2) is 41.4 Å². The van der Waals surface area contributed by atoms with Gasteiger partial charge in [-0.25, -0.2) is 18.4 Å². The summed E-state index contributed by atoms with van der Waals surface area (Å²) in [4.78, 5) is 9.30. The number of aromatic nitrogens is 4. The molecule has 152 valence electrons. The third kappa shape index (κ3) is 4.17. The van der Waals surface area contributed by atoms with Crippen LogP contribution in [0.25, 0.3) is 0 Å². The zero-order valence-corrected chi connectivity index (χ0v) is 17.5. The fourth-order valence-electron chi connectivity index (χ4n) is 3.69. The van der Waals surface area contributed by atoms with Gasteiger partial charge in [0.15, 0.2) is 15.7 Å². The summed E-state index contributed by atoms with van der Waals surface area (Å²) in [6, 6.07) is 8.96. The number of aromatic amines is 1. The number of nitrogens with one attached hydrogen (secondary N) is 2. The Kier molecular flexibility index (Phi) is 5.36. The average Bonchev–Trinajstić information content (AvgIpc) is 3.36. The third-order valence-electron chi connectivity index (χ3n) is 5.54. The molecule has 2 heterocycles. The van der Waals surface area contributed by atoms with Crippen molar-refractivity contribution in [3.05, 3.63) is 59.2 Å². The van der Waals surface area contributed by atoms with Gasteiger partial charge in [0, 0.05) is 23.9 Å². The second-order valence-electron chi connectivity index (χ2n) is 7.58. The number of sulfone groups is 1. The van der Waals surface area contributed by atoms with Gasteiger partial charge in [-0.05, 0) is 50.5 Å². The highest BCUT2D eigenvalue weighted by atomic mass is 32.2. The first-order chi connectivity index (χ1) is 13.9. The van der Waals surface area contributed by atoms with E-state index in [-0.39, 0.29) is 5.25 Å². The van der Waals surface area contributed by atoms with Crippen LogP contribution < -0.4 is 5.32 Å². The summed E-state index contributed by atoms with van der Waals surface area (Å²) in [5, 5.41) is 10.1. The molecule has 1 saturated carbocycles. The SMILES string of the molecule is Cc1[nH]nc(Nc2ccnc(Cc3cccc(S(=O)(=O)C4CCCC4)c3)n2)c1C. The van der Waals surface area contributed by atoms with Crippen molar-refractivity contribution in [3.63, 3.8) is 0 Å². The van der Waals surface area contributed by atoms with Gasteiger partial charge < -0.3 is 5.32 Å². The third-order valence-corrected chi connectivity index (χ3v) is 7.80. The number of H-pyrrole nitrogens is 1. The van der Waals surface area contributed by atoms with Crippen molar-refractivity contribution in [2.45, 2.75) is 56.1 Å². The predicted octanol–water partition coefficient (Wildman–Crippen LogP) is 3.87. The van der Waals surface area contributed by atoms with E-state index >= 15 is 0 Å². The fraction of sp³-hybridized carbons (Fsp3) is 0.381. The van der Waals surface area contributed by atoms with E-state index in [4.69, 9.17) is 0 Å². The molecular weight excluding hydrogens is 386 g/mol. The first-order valence-electron chi connectivity index (χ1n) is 9.87. The minimum absolute atomic E-state index is 0.248. The van der Waals surface area contributed by atoms with E-state index < -0.39 is 9.84 Å². The molecule has 1 aromatic carbocycles. The molecule has 1 aliphatic rings. The van der Waals surface area contributed by atoms with E-state index in [9.17, 15) is 8.42 Å². The first kappa shape index (κ1) is 19.6. The van der Waals surface area contributed by atoms with Crippen LogP contribution >= 0.6 is 0 Å². The predicted molar refractivity (Wildman–Crippen MR) is 112 cm³/mol. The molecule has 29 heavy (non-hydrogen) atoms. The highest BCUT2D eigenvalue weighted by molar-refractivity contribution is 7.92. The number of anilines is 2. The van der Waals surface area contributed by atoms with E-state index in [2.05, 4.69) is 25.5 Å². The van der Waals surface area contributed by atoms with E-state index in [1.165, 1.54) is 0 Å². The minimum atomic E-state index is -3.27. The molecule has 0 aliphatic heterocycles. The average molecular weight is 412 g/mol. The summed E-state index contributed by atoms with van der Waals surface area (Å²) in [6.07, 6.45) is 5.66. The summed E-state index contributed by atoms with van der Waals surface area (Å²) in [7, 11) is -3.27. The Bertz CT molecular complexity index is 1120. The van der Waals surface area contributed by atoms with Crippen LogP contribution in [0.1, 0.15) is 48.3 Å². The molecule has 0 amide bonds. The topological polar surface area (TPSA) is 101 Å². The molecule has 0 radical (unpaired) electrons. The van der Waals surface area contributed by atoms with Crippen LogP contribution in [0.3, 0.4) is 0 Å². The molecule has 8 heteroatoms. The van der Waals surface area contributed by atoms with Crippen molar-refractivity contribution in [2.75, 3.05) is 5.32 Å². The summed E-state index contributed by atoms with van der Waals surface area (Å²) < 4.78 is 25.8. The van der Waals surface area contributed by atoms with Gasteiger partial charge in [0.25, 0.3) is 0 Å². The molecular formula is C21H25N5O2S. The molecule has 2 aromatic heterocycles. The van der Waals surface area contributed by atoms with Gasteiger partial charge in [-0.2, -0.15) is 5.10 Å². The maximum Gasteiger partial charge on any atom is 0.181 e. The van der Waals surface area contributed by atoms with E-state index in [0.717, 1.165) is 48.3 Å². The number of rotatable bonds is 6. The van der Waals surface area contributed by atoms with Gasteiger partial charge in [-0.15, -0.1) is 0 Å². The zero-order valence-electron chi connectivity index (χ0n) is 16.6. The summed E-state index contributed by atoms with van der Waals surface area (Å²) in [6.45, 7) is 3.95. The Labute approximate surface area is 170 Å². The molecule has 3 aromatic rings. The molecule has 0 atom stereocenters. The van der Waals surface area contributed by atoms with Gasteiger partial charge in [-0.3, -0.25) is 5.10 Å². The van der Waals surface area contributed by atoms with Crippen molar-refractivity contribution in [2.24, 2.45) is 0 Å². The number of nitrogens with zero attached hydrogens (tertiary/aromatic N) is 3. The second kappa shape index (κ2) is 7.94. The van der Waals surface area contributed by atoms with Gasteiger partial charge in [0.1, 0.15) is 11.6 Å². The van der Waals surface area contributed by atoms with E-state index in [1.807, 2.05) is 19.9 Å². The van der Waals surface area contributed by atoms with Crippen molar-refractivity contribution >= 4 is 21.5 Å². The molecule has 2 N–H and O–H groups in total. The first-order valence-corrected chi connectivity index (χ1v) is 11.4. The van der Waals surface area contributed by atoms with Crippen LogP contribution in [0.2, 0.25) is 0 Å². The molecule has 0 spiro atoms. The van der Waals surface area contributed by atoms with Gasteiger partial charge in [0.05, 0.1) is 10.1 Å². The quantitative estimate of drug-likeness (QED) is 0.639. The van der Waals surface area contributed by atoms with Crippen LogP contribution in [0.4, 0.5) is 11.6 Å². The van der Waals surface area contributed by atoms with Gasteiger partial charge in [0.2, 0.25) is 0 Å². The van der Waals surface area contributed by atoms with Crippen molar-refractivity contribution in [1.29, 1.82) is 0 Å². The molecule has 1 aliphatic carbocycles. The van der Waals surface area contributed by atoms with Crippen LogP contribution in [0, 0.1) is 13.8 Å². The lowest BCUT2D eigenvalue weighted by atomic mass is 10.1. The van der Waals surface area contributed by atoms with Gasteiger partial charge >= 0.3 is 0 Å². The lowest BCUT2D eigenvalue weighted by molar-refractivity contribution is 0.579. The summed E-state index contributed by atoms with van der Waals surface area (Å²) >= 11 is 0. The Morgan fingerprint density at radius 3 is 2.69 bits per heavy atom.